The molecule has 0 aromatic carbocycles. The zero-order valence-corrected chi connectivity index (χ0v) is 36.7. The number of carbonyl (C=O) groups is 1. The van der Waals surface area contributed by atoms with E-state index in [0.717, 1.165) is 19.0 Å². The van der Waals surface area contributed by atoms with Gasteiger partial charge in [-0.3, -0.25) is 4.79 Å². The van der Waals surface area contributed by atoms with Crippen molar-refractivity contribution in [1.82, 2.24) is 19.6 Å². The highest BCUT2D eigenvalue weighted by Crippen LogP contribution is 2.41. The molecule has 294 valence electrons. The zero-order chi connectivity index (χ0) is 38.2. The molecule has 0 radical (unpaired) electrons. The minimum absolute atomic E-state index is 0.118. The van der Waals surface area contributed by atoms with Crippen molar-refractivity contribution < 1.29 is 9.53 Å². The van der Waals surface area contributed by atoms with Crippen molar-refractivity contribution in [2.45, 2.75) is 174 Å². The number of ether oxygens (including phenoxy) is 1. The van der Waals surface area contributed by atoms with Gasteiger partial charge in [-0.25, -0.2) is 0 Å². The third-order valence-corrected chi connectivity index (χ3v) is 8.95. The topological polar surface area (TPSA) is 39.3 Å². The maximum absolute atomic E-state index is 12.0. The van der Waals surface area contributed by atoms with Gasteiger partial charge in [0.15, 0.2) is 0 Å². The molecule has 1 unspecified atom stereocenters. The summed E-state index contributed by atoms with van der Waals surface area (Å²) in [6, 6.07) is 0. The van der Waals surface area contributed by atoms with Crippen LogP contribution in [0.3, 0.4) is 0 Å². The first-order chi connectivity index (χ1) is 22.8. The first kappa shape index (κ1) is 54.1. The van der Waals surface area contributed by atoms with E-state index in [1.807, 2.05) is 55.4 Å². The van der Waals surface area contributed by atoms with Gasteiger partial charge < -0.3 is 24.3 Å². The number of likely N-dealkylation sites (tertiary alicyclic amines) is 4. The lowest BCUT2D eigenvalue weighted by atomic mass is 9.71. The third kappa shape index (κ3) is 29.1. The Kier molecular flexibility index (Phi) is 39.2. The highest BCUT2D eigenvalue weighted by molar-refractivity contribution is 5.77. The van der Waals surface area contributed by atoms with Gasteiger partial charge in [-0.05, 0) is 90.6 Å². The number of amides is 1. The average molecular weight is 687 g/mol. The largest absolute Gasteiger partial charge is 0.381 e. The van der Waals surface area contributed by atoms with Crippen LogP contribution in [0.25, 0.3) is 0 Å². The molecule has 1 spiro atoms. The maximum atomic E-state index is 12.0. The Balaban J connectivity index is -0.000000268. The molecule has 6 nitrogen and oxygen atoms in total. The van der Waals surface area contributed by atoms with Crippen LogP contribution in [0.5, 0.6) is 0 Å². The summed E-state index contributed by atoms with van der Waals surface area (Å²) in [5, 5.41) is 0. The zero-order valence-electron chi connectivity index (χ0n) is 36.7. The lowest BCUT2D eigenvalue weighted by Gasteiger charge is -2.54. The van der Waals surface area contributed by atoms with Gasteiger partial charge in [-0.2, -0.15) is 0 Å². The SMILES string of the molecule is CC.CC.CC.CC.CC1CCCN(C)C1.CCCCCC.CN1CCC2(CC1)CN(C(=O)CC(C)(C)C)C2.COC1CCN(C)CC1. The number of methoxy groups -OCH3 is 1. The van der Waals surface area contributed by atoms with Crippen molar-refractivity contribution in [3.05, 3.63) is 0 Å². The standard InChI is InChI=1S/C14H26N2O.C7H15NO.C7H15N.C6H14.4C2H6/c1-13(2,3)9-12(17)16-10-14(11-16)5-7-15(4)8-6-14;1-8-5-3-7(9-2)4-6-8;1-7-4-3-5-8(2)6-7;1-3-5-6-4-2;4*1-2/h5-11H2,1-4H3;7H,3-6H2,1-2H3;7H,3-6H2,1-2H3;3-6H2,1-2H3;4*1-2H3. The number of unbranched alkanes of at least 4 members (excludes halogenated alkanes) is 3. The van der Waals surface area contributed by atoms with Gasteiger partial charge >= 0.3 is 0 Å². The van der Waals surface area contributed by atoms with Crippen molar-refractivity contribution in [2.75, 3.05) is 80.6 Å². The van der Waals surface area contributed by atoms with Crippen LogP contribution in [-0.4, -0.2) is 112 Å². The fraction of sp³-hybridized carbons (Fsp3) is 0.976. The van der Waals surface area contributed by atoms with Gasteiger partial charge in [0.2, 0.25) is 5.91 Å². The average Bonchev–Trinajstić information content (AvgIpc) is 3.07. The summed E-state index contributed by atoms with van der Waals surface area (Å²) in [4.78, 5) is 21.3. The van der Waals surface area contributed by atoms with Crippen LogP contribution in [0.4, 0.5) is 0 Å². The second kappa shape index (κ2) is 34.7. The van der Waals surface area contributed by atoms with Gasteiger partial charge in [-0.15, -0.1) is 0 Å². The van der Waals surface area contributed by atoms with E-state index in [9.17, 15) is 4.79 Å². The first-order valence-electron chi connectivity index (χ1n) is 20.7. The number of piperidine rings is 3. The van der Waals surface area contributed by atoms with Gasteiger partial charge in [0.1, 0.15) is 0 Å². The molecule has 0 N–H and O–H groups in total. The van der Waals surface area contributed by atoms with Crippen molar-refractivity contribution in [3.8, 4) is 0 Å². The Hall–Kier alpha value is -0.690. The smallest absolute Gasteiger partial charge is 0.223 e. The van der Waals surface area contributed by atoms with Crippen molar-refractivity contribution in [3.63, 3.8) is 0 Å². The second-order valence-electron chi connectivity index (χ2n) is 14.7. The van der Waals surface area contributed by atoms with E-state index < -0.39 is 0 Å². The number of hydrogen-bond donors (Lipinski definition) is 0. The quantitative estimate of drug-likeness (QED) is 0.269. The number of rotatable bonds is 5. The predicted molar refractivity (Wildman–Crippen MR) is 218 cm³/mol. The molecule has 4 fully saturated rings. The molecule has 4 aliphatic rings. The van der Waals surface area contributed by atoms with Crippen LogP contribution in [0.15, 0.2) is 0 Å². The van der Waals surface area contributed by atoms with E-state index in [0.29, 0.717) is 23.8 Å². The van der Waals surface area contributed by atoms with Crippen molar-refractivity contribution in [2.24, 2.45) is 16.7 Å². The molecule has 48 heavy (non-hydrogen) atoms. The summed E-state index contributed by atoms with van der Waals surface area (Å²) >= 11 is 0. The minimum atomic E-state index is 0.118. The molecule has 0 saturated carbocycles. The summed E-state index contributed by atoms with van der Waals surface area (Å²) in [6.45, 7) is 38.6. The number of nitrogens with zero attached hydrogens (tertiary/aromatic N) is 4. The lowest BCUT2D eigenvalue weighted by Crippen LogP contribution is -2.61. The molecule has 0 aliphatic carbocycles. The fourth-order valence-electron chi connectivity index (χ4n) is 6.06. The summed E-state index contributed by atoms with van der Waals surface area (Å²) < 4.78 is 5.21. The Morgan fingerprint density at radius 1 is 0.708 bits per heavy atom. The van der Waals surface area contributed by atoms with Crippen LogP contribution in [-0.2, 0) is 9.53 Å². The molecule has 4 saturated heterocycles. The second-order valence-corrected chi connectivity index (χ2v) is 14.7. The Morgan fingerprint density at radius 3 is 1.48 bits per heavy atom. The highest BCUT2D eigenvalue weighted by atomic mass is 16.5. The van der Waals surface area contributed by atoms with Crippen LogP contribution in [0.1, 0.15) is 168 Å². The fourth-order valence-corrected chi connectivity index (χ4v) is 6.06. The van der Waals surface area contributed by atoms with E-state index in [1.165, 1.54) is 103 Å². The summed E-state index contributed by atoms with van der Waals surface area (Å²) in [5.41, 5.74) is 0.590. The van der Waals surface area contributed by atoms with Crippen molar-refractivity contribution in [1.29, 1.82) is 0 Å². The Bertz CT molecular complexity index is 631. The van der Waals surface area contributed by atoms with Gasteiger partial charge in [0.25, 0.3) is 0 Å². The van der Waals surface area contributed by atoms with Crippen LogP contribution in [0.2, 0.25) is 0 Å². The molecular formula is C42H94N4O2. The summed E-state index contributed by atoms with van der Waals surface area (Å²) in [6.07, 6.45) is 14.5. The molecule has 1 atom stereocenters. The summed E-state index contributed by atoms with van der Waals surface area (Å²) in [5.74, 6) is 1.29. The normalized spacial score (nSPS) is 20.5. The molecule has 4 aliphatic heterocycles. The van der Waals surface area contributed by atoms with E-state index in [2.05, 4.69) is 82.3 Å². The molecule has 1 amide bonds. The van der Waals surface area contributed by atoms with Crippen LogP contribution in [0, 0.1) is 16.7 Å². The molecule has 6 heteroatoms. The molecule has 0 bridgehead atoms. The summed E-state index contributed by atoms with van der Waals surface area (Å²) in [7, 11) is 8.35. The van der Waals surface area contributed by atoms with Gasteiger partial charge in [0, 0.05) is 51.7 Å². The minimum Gasteiger partial charge on any atom is -0.381 e. The highest BCUT2D eigenvalue weighted by Gasteiger charge is 2.46. The first-order valence-corrected chi connectivity index (χ1v) is 20.7. The molecule has 0 aromatic heterocycles. The van der Waals surface area contributed by atoms with Gasteiger partial charge in [-0.1, -0.05) is 123 Å². The van der Waals surface area contributed by atoms with E-state index in [4.69, 9.17) is 4.74 Å². The molecule has 0 aromatic rings. The Labute approximate surface area is 305 Å². The lowest BCUT2D eigenvalue weighted by molar-refractivity contribution is -0.148. The van der Waals surface area contributed by atoms with E-state index in [1.54, 1.807) is 7.11 Å². The predicted octanol–water partition coefficient (Wildman–Crippen LogP) is 10.7. The van der Waals surface area contributed by atoms with E-state index in [-0.39, 0.29) is 5.41 Å². The molecular weight excluding hydrogens is 592 g/mol. The maximum Gasteiger partial charge on any atom is 0.223 e. The van der Waals surface area contributed by atoms with Crippen LogP contribution >= 0.6 is 0 Å². The molecule has 4 heterocycles. The monoisotopic (exact) mass is 687 g/mol. The van der Waals surface area contributed by atoms with Crippen LogP contribution < -0.4 is 0 Å². The van der Waals surface area contributed by atoms with Crippen molar-refractivity contribution >= 4 is 5.91 Å². The van der Waals surface area contributed by atoms with E-state index >= 15 is 0 Å². The number of hydrogen-bond acceptors (Lipinski definition) is 5. The third-order valence-electron chi connectivity index (χ3n) is 8.95. The molecule has 4 rings (SSSR count). The van der Waals surface area contributed by atoms with Gasteiger partial charge in [0.05, 0.1) is 6.10 Å². The Morgan fingerprint density at radius 2 is 1.15 bits per heavy atom. The number of carbonyl (C=O) groups excluding carboxylic acids is 1.